The second-order valence-corrected chi connectivity index (χ2v) is 7.19. The van der Waals surface area contributed by atoms with Gasteiger partial charge in [0.05, 0.1) is 16.9 Å². The zero-order valence-corrected chi connectivity index (χ0v) is 16.7. The van der Waals surface area contributed by atoms with Crippen LogP contribution in [0.25, 0.3) is 11.3 Å². The quantitative estimate of drug-likeness (QED) is 0.622. The maximum atomic E-state index is 13.1. The van der Waals surface area contributed by atoms with Crippen LogP contribution < -0.4 is 15.1 Å². The molecule has 31 heavy (non-hydrogen) atoms. The smallest absolute Gasteiger partial charge is 0.372 e. The maximum absolute atomic E-state index is 13.1. The van der Waals surface area contributed by atoms with E-state index in [9.17, 15) is 18.0 Å². The first-order chi connectivity index (χ1) is 14.8. The molecule has 9 heteroatoms. The minimum absolute atomic E-state index is 0.328. The van der Waals surface area contributed by atoms with E-state index in [0.717, 1.165) is 17.8 Å². The SMILES string of the molecule is CN1CCCN(C(=O)Nc2ccccn2)c2nc(-c3cccc(C(F)(F)F)c3)ccc21. The number of amides is 2. The first-order valence-electron chi connectivity index (χ1n) is 9.72. The fraction of sp³-hybridized carbons (Fsp3) is 0.227. The molecule has 0 spiro atoms. The topological polar surface area (TPSA) is 61.4 Å². The summed E-state index contributed by atoms with van der Waals surface area (Å²) in [4.78, 5) is 25.2. The van der Waals surface area contributed by atoms with Gasteiger partial charge in [0.25, 0.3) is 0 Å². The molecule has 2 aromatic heterocycles. The van der Waals surface area contributed by atoms with Gasteiger partial charge in [0.1, 0.15) is 5.82 Å². The van der Waals surface area contributed by atoms with E-state index in [1.807, 2.05) is 11.9 Å². The molecule has 0 bridgehead atoms. The Morgan fingerprint density at radius 1 is 1.06 bits per heavy atom. The summed E-state index contributed by atoms with van der Waals surface area (Å²) in [5.74, 6) is 0.795. The Morgan fingerprint density at radius 3 is 2.65 bits per heavy atom. The molecule has 1 N–H and O–H groups in total. The van der Waals surface area contributed by atoms with Crippen molar-refractivity contribution in [1.82, 2.24) is 9.97 Å². The van der Waals surface area contributed by atoms with Gasteiger partial charge in [-0.25, -0.2) is 14.8 Å². The number of carbonyl (C=O) groups is 1. The van der Waals surface area contributed by atoms with Gasteiger partial charge >= 0.3 is 12.2 Å². The van der Waals surface area contributed by atoms with Crippen LogP contribution in [0, 0.1) is 0 Å². The van der Waals surface area contributed by atoms with E-state index in [2.05, 4.69) is 15.3 Å². The zero-order chi connectivity index (χ0) is 22.0. The Bertz CT molecular complexity index is 1090. The normalized spacial score (nSPS) is 14.1. The van der Waals surface area contributed by atoms with E-state index in [-0.39, 0.29) is 0 Å². The molecule has 3 aromatic rings. The number of rotatable bonds is 2. The Balaban J connectivity index is 1.73. The molecule has 160 valence electrons. The van der Waals surface area contributed by atoms with Crippen molar-refractivity contribution >= 4 is 23.4 Å². The molecule has 3 heterocycles. The summed E-state index contributed by atoms with van der Waals surface area (Å²) in [6, 6.07) is 13.2. The number of nitrogens with one attached hydrogen (secondary N) is 1. The molecule has 0 saturated heterocycles. The highest BCUT2D eigenvalue weighted by Crippen LogP contribution is 2.35. The third kappa shape index (κ3) is 4.45. The third-order valence-electron chi connectivity index (χ3n) is 5.03. The van der Waals surface area contributed by atoms with Crippen LogP contribution in [0.4, 0.5) is 35.3 Å². The minimum atomic E-state index is -4.45. The van der Waals surface area contributed by atoms with Crippen LogP contribution in [0.3, 0.4) is 0 Å². The molecular weight excluding hydrogens is 407 g/mol. The molecule has 0 unspecified atom stereocenters. The lowest BCUT2D eigenvalue weighted by molar-refractivity contribution is -0.137. The Labute approximate surface area is 177 Å². The summed E-state index contributed by atoms with van der Waals surface area (Å²) in [5, 5.41) is 2.75. The monoisotopic (exact) mass is 427 g/mol. The lowest BCUT2D eigenvalue weighted by Crippen LogP contribution is -2.36. The largest absolute Gasteiger partial charge is 0.416 e. The van der Waals surface area contributed by atoms with E-state index in [4.69, 9.17) is 0 Å². The number of pyridine rings is 2. The predicted octanol–water partition coefficient (Wildman–Crippen LogP) is 5.04. The number of halogens is 3. The predicted molar refractivity (Wildman–Crippen MR) is 113 cm³/mol. The number of anilines is 3. The summed E-state index contributed by atoms with van der Waals surface area (Å²) in [6.45, 7) is 1.13. The van der Waals surface area contributed by atoms with Crippen molar-refractivity contribution < 1.29 is 18.0 Å². The number of urea groups is 1. The number of aromatic nitrogens is 2. The molecule has 0 aliphatic carbocycles. The number of carbonyl (C=O) groups excluding carboxylic acids is 1. The number of fused-ring (bicyclic) bond motifs is 1. The third-order valence-corrected chi connectivity index (χ3v) is 5.03. The van der Waals surface area contributed by atoms with E-state index < -0.39 is 17.8 Å². The van der Waals surface area contributed by atoms with Crippen molar-refractivity contribution in [1.29, 1.82) is 0 Å². The molecule has 0 saturated carbocycles. The van der Waals surface area contributed by atoms with Crippen molar-refractivity contribution in [3.8, 4) is 11.3 Å². The molecule has 1 aromatic carbocycles. The van der Waals surface area contributed by atoms with Gasteiger partial charge in [0, 0.05) is 31.9 Å². The average Bonchev–Trinajstić information content (AvgIpc) is 2.92. The highest BCUT2D eigenvalue weighted by atomic mass is 19.4. The van der Waals surface area contributed by atoms with Gasteiger partial charge in [-0.2, -0.15) is 13.2 Å². The highest BCUT2D eigenvalue weighted by Gasteiger charge is 2.31. The first-order valence-corrected chi connectivity index (χ1v) is 9.72. The lowest BCUT2D eigenvalue weighted by atomic mass is 10.1. The molecule has 0 radical (unpaired) electrons. The number of benzene rings is 1. The van der Waals surface area contributed by atoms with E-state index >= 15 is 0 Å². The second kappa shape index (κ2) is 8.25. The molecule has 4 rings (SSSR count). The number of nitrogens with zero attached hydrogens (tertiary/aromatic N) is 4. The van der Waals surface area contributed by atoms with Gasteiger partial charge in [0.2, 0.25) is 0 Å². The number of alkyl halides is 3. The highest BCUT2D eigenvalue weighted by molar-refractivity contribution is 6.03. The second-order valence-electron chi connectivity index (χ2n) is 7.19. The van der Waals surface area contributed by atoms with Gasteiger partial charge in [0.15, 0.2) is 5.82 Å². The van der Waals surface area contributed by atoms with Crippen molar-refractivity contribution in [2.45, 2.75) is 12.6 Å². The Hall–Kier alpha value is -3.62. The minimum Gasteiger partial charge on any atom is -0.372 e. The Kier molecular flexibility index (Phi) is 5.50. The molecule has 0 atom stereocenters. The molecule has 1 aliphatic heterocycles. The standard InChI is InChI=1S/C22H20F3N5O/c1-29-12-5-13-30(21(31)28-19-8-2-3-11-26-19)20-18(29)10-9-17(27-20)15-6-4-7-16(14-15)22(23,24)25/h2-4,6-11,14H,5,12-13H2,1H3,(H,26,28,31). The van der Waals surface area contributed by atoms with Gasteiger partial charge in [-0.1, -0.05) is 18.2 Å². The van der Waals surface area contributed by atoms with Crippen LogP contribution in [0.1, 0.15) is 12.0 Å². The van der Waals surface area contributed by atoms with Crippen molar-refractivity contribution in [3.63, 3.8) is 0 Å². The van der Waals surface area contributed by atoms with Crippen LogP contribution in [0.2, 0.25) is 0 Å². The van der Waals surface area contributed by atoms with E-state index in [1.54, 1.807) is 42.6 Å². The van der Waals surface area contributed by atoms with Crippen LogP contribution in [-0.2, 0) is 6.18 Å². The summed E-state index contributed by atoms with van der Waals surface area (Å²) in [5.41, 5.74) is 0.665. The van der Waals surface area contributed by atoms with Crippen LogP contribution in [-0.4, -0.2) is 36.1 Å². The molecule has 2 amide bonds. The number of hydrogen-bond acceptors (Lipinski definition) is 4. The average molecular weight is 427 g/mol. The summed E-state index contributed by atoms with van der Waals surface area (Å²) < 4.78 is 39.4. The molecule has 6 nitrogen and oxygen atoms in total. The van der Waals surface area contributed by atoms with Crippen molar-refractivity contribution in [3.05, 3.63) is 66.4 Å². The van der Waals surface area contributed by atoms with Crippen molar-refractivity contribution in [2.24, 2.45) is 0 Å². The maximum Gasteiger partial charge on any atom is 0.416 e. The van der Waals surface area contributed by atoms with Gasteiger partial charge in [-0.15, -0.1) is 0 Å². The lowest BCUT2D eigenvalue weighted by Gasteiger charge is -2.24. The van der Waals surface area contributed by atoms with Crippen molar-refractivity contribution in [2.75, 3.05) is 35.3 Å². The summed E-state index contributed by atoms with van der Waals surface area (Å²) >= 11 is 0. The van der Waals surface area contributed by atoms with E-state index in [0.29, 0.717) is 42.4 Å². The summed E-state index contributed by atoms with van der Waals surface area (Å²) in [7, 11) is 1.89. The van der Waals surface area contributed by atoms with Gasteiger partial charge in [-0.05, 0) is 42.8 Å². The fourth-order valence-electron chi connectivity index (χ4n) is 3.46. The summed E-state index contributed by atoms with van der Waals surface area (Å²) in [6.07, 6.45) is -2.17. The molecule has 1 aliphatic rings. The zero-order valence-electron chi connectivity index (χ0n) is 16.7. The van der Waals surface area contributed by atoms with Gasteiger partial charge in [-0.3, -0.25) is 10.2 Å². The van der Waals surface area contributed by atoms with Gasteiger partial charge < -0.3 is 4.90 Å². The van der Waals surface area contributed by atoms with E-state index in [1.165, 1.54) is 11.0 Å². The molecular formula is C22H20F3N5O. The first kappa shape index (κ1) is 20.6. The number of hydrogen-bond donors (Lipinski definition) is 1. The van der Waals surface area contributed by atoms with Crippen LogP contribution >= 0.6 is 0 Å². The molecule has 0 fully saturated rings. The Morgan fingerprint density at radius 2 is 1.90 bits per heavy atom. The fourth-order valence-corrected chi connectivity index (χ4v) is 3.46. The van der Waals surface area contributed by atoms with Crippen LogP contribution in [0.15, 0.2) is 60.8 Å². The van der Waals surface area contributed by atoms with Crippen LogP contribution in [0.5, 0.6) is 0 Å².